The Bertz CT molecular complexity index is 559. The number of hydrogen-bond acceptors (Lipinski definition) is 3. The molecule has 6 nitrogen and oxygen atoms in total. The molecule has 0 aromatic heterocycles. The van der Waals surface area contributed by atoms with Crippen LogP contribution in [0.25, 0.3) is 0 Å². The molecule has 0 saturated carbocycles. The number of ether oxygens (including phenoxy) is 1. The molecule has 1 aromatic carbocycles. The van der Waals surface area contributed by atoms with Gasteiger partial charge in [-0.15, -0.1) is 0 Å². The molecule has 0 aliphatic carbocycles. The van der Waals surface area contributed by atoms with Crippen LogP contribution < -0.4 is 5.32 Å². The fourth-order valence-electron chi connectivity index (χ4n) is 2.40. The number of rotatable bonds is 3. The van der Waals surface area contributed by atoms with Gasteiger partial charge in [0.05, 0.1) is 19.3 Å². The van der Waals surface area contributed by atoms with E-state index in [0.29, 0.717) is 0 Å². The Labute approximate surface area is 123 Å². The van der Waals surface area contributed by atoms with Gasteiger partial charge >= 0.3 is 12.0 Å². The largest absolute Gasteiger partial charge is 0.481 e. The van der Waals surface area contributed by atoms with Crippen LogP contribution in [0.1, 0.15) is 11.1 Å². The van der Waals surface area contributed by atoms with Gasteiger partial charge < -0.3 is 20.1 Å². The van der Waals surface area contributed by atoms with Crippen LogP contribution in [0.3, 0.4) is 0 Å². The SMILES string of the molecule is Cc1cccc(NC(=O)N(C)C2COCC2C(=O)O)c1C. The monoisotopic (exact) mass is 292 g/mol. The van der Waals surface area contributed by atoms with Crippen LogP contribution in [0.2, 0.25) is 0 Å². The Morgan fingerprint density at radius 1 is 1.33 bits per heavy atom. The Morgan fingerprint density at radius 2 is 2.05 bits per heavy atom. The number of benzene rings is 1. The first-order chi connectivity index (χ1) is 9.91. The molecular formula is C15H20N2O4. The summed E-state index contributed by atoms with van der Waals surface area (Å²) in [6, 6.07) is 4.89. The molecule has 2 N–H and O–H groups in total. The quantitative estimate of drug-likeness (QED) is 0.891. The third kappa shape index (κ3) is 3.16. The molecule has 1 aliphatic heterocycles. The summed E-state index contributed by atoms with van der Waals surface area (Å²) < 4.78 is 5.19. The van der Waals surface area contributed by atoms with Gasteiger partial charge in [-0.05, 0) is 31.0 Å². The lowest BCUT2D eigenvalue weighted by Gasteiger charge is -2.27. The van der Waals surface area contributed by atoms with E-state index in [-0.39, 0.29) is 19.2 Å². The number of aliphatic carboxylic acids is 1. The van der Waals surface area contributed by atoms with Crippen LogP contribution in [-0.4, -0.2) is 48.3 Å². The number of carbonyl (C=O) groups is 2. The smallest absolute Gasteiger partial charge is 0.321 e. The van der Waals surface area contributed by atoms with Gasteiger partial charge in [0.25, 0.3) is 0 Å². The fourth-order valence-corrected chi connectivity index (χ4v) is 2.40. The highest BCUT2D eigenvalue weighted by molar-refractivity contribution is 5.90. The summed E-state index contributed by atoms with van der Waals surface area (Å²) in [6.45, 7) is 4.29. The van der Waals surface area contributed by atoms with Gasteiger partial charge in [0.15, 0.2) is 0 Å². The molecule has 0 bridgehead atoms. The van der Waals surface area contributed by atoms with E-state index in [1.807, 2.05) is 32.0 Å². The maximum Gasteiger partial charge on any atom is 0.321 e. The Morgan fingerprint density at radius 3 is 2.71 bits per heavy atom. The van der Waals surface area contributed by atoms with Crippen LogP contribution in [0, 0.1) is 19.8 Å². The van der Waals surface area contributed by atoms with E-state index in [4.69, 9.17) is 9.84 Å². The first-order valence-electron chi connectivity index (χ1n) is 6.82. The third-order valence-electron chi connectivity index (χ3n) is 4.03. The lowest BCUT2D eigenvalue weighted by Crippen LogP contribution is -2.46. The lowest BCUT2D eigenvalue weighted by atomic mass is 10.0. The third-order valence-corrected chi connectivity index (χ3v) is 4.03. The predicted octanol–water partition coefficient (Wildman–Crippen LogP) is 1.87. The second-order valence-corrected chi connectivity index (χ2v) is 5.34. The molecule has 2 amide bonds. The molecule has 0 radical (unpaired) electrons. The summed E-state index contributed by atoms with van der Waals surface area (Å²) in [4.78, 5) is 24.9. The average molecular weight is 292 g/mol. The topological polar surface area (TPSA) is 78.9 Å². The van der Waals surface area contributed by atoms with Gasteiger partial charge in [-0.2, -0.15) is 0 Å². The number of urea groups is 1. The fraction of sp³-hybridized carbons (Fsp3) is 0.467. The summed E-state index contributed by atoms with van der Waals surface area (Å²) in [6.07, 6.45) is 0. The minimum atomic E-state index is -0.941. The summed E-state index contributed by atoms with van der Waals surface area (Å²) >= 11 is 0. The number of nitrogens with zero attached hydrogens (tertiary/aromatic N) is 1. The number of nitrogens with one attached hydrogen (secondary N) is 1. The number of anilines is 1. The summed E-state index contributed by atoms with van der Waals surface area (Å²) in [5.74, 6) is -1.62. The summed E-state index contributed by atoms with van der Waals surface area (Å²) in [5, 5.41) is 12.0. The van der Waals surface area contributed by atoms with E-state index in [9.17, 15) is 9.59 Å². The number of aryl methyl sites for hydroxylation is 1. The van der Waals surface area contributed by atoms with Crippen LogP contribution in [0.5, 0.6) is 0 Å². The summed E-state index contributed by atoms with van der Waals surface area (Å²) in [5.41, 5.74) is 2.82. The molecule has 1 fully saturated rings. The Kier molecular flexibility index (Phi) is 4.47. The molecule has 2 rings (SSSR count). The maximum atomic E-state index is 12.3. The average Bonchev–Trinajstić information content (AvgIpc) is 2.92. The standard InChI is InChI=1S/C15H20N2O4/c1-9-5-4-6-12(10(9)2)16-15(20)17(3)13-8-21-7-11(13)14(18)19/h4-6,11,13H,7-8H2,1-3H3,(H,16,20)(H,18,19). The van der Waals surface area contributed by atoms with Gasteiger partial charge in [-0.25, -0.2) is 4.79 Å². The first kappa shape index (κ1) is 15.3. The van der Waals surface area contributed by atoms with Crippen molar-refractivity contribution in [2.24, 2.45) is 5.92 Å². The molecule has 1 aliphatic rings. The minimum absolute atomic E-state index is 0.140. The van der Waals surface area contributed by atoms with Crippen molar-refractivity contribution in [3.63, 3.8) is 0 Å². The van der Waals surface area contributed by atoms with Crippen molar-refractivity contribution in [2.75, 3.05) is 25.6 Å². The number of amides is 2. The molecule has 0 spiro atoms. The first-order valence-corrected chi connectivity index (χ1v) is 6.82. The minimum Gasteiger partial charge on any atom is -0.481 e. The van der Waals surface area contributed by atoms with Crippen LogP contribution >= 0.6 is 0 Å². The van der Waals surface area contributed by atoms with E-state index in [0.717, 1.165) is 16.8 Å². The van der Waals surface area contributed by atoms with Crippen molar-refractivity contribution in [3.8, 4) is 0 Å². The number of hydrogen-bond donors (Lipinski definition) is 2. The molecule has 1 saturated heterocycles. The number of carboxylic acids is 1. The van der Waals surface area contributed by atoms with E-state index in [1.165, 1.54) is 4.90 Å². The Balaban J connectivity index is 2.09. The van der Waals surface area contributed by atoms with Crippen molar-refractivity contribution in [1.82, 2.24) is 4.90 Å². The zero-order chi connectivity index (χ0) is 15.6. The van der Waals surface area contributed by atoms with E-state index in [2.05, 4.69) is 5.32 Å². The van der Waals surface area contributed by atoms with Crippen molar-refractivity contribution in [1.29, 1.82) is 0 Å². The molecular weight excluding hydrogens is 272 g/mol. The zero-order valence-electron chi connectivity index (χ0n) is 12.4. The molecule has 1 heterocycles. The van der Waals surface area contributed by atoms with Crippen molar-refractivity contribution in [3.05, 3.63) is 29.3 Å². The normalized spacial score (nSPS) is 21.1. The summed E-state index contributed by atoms with van der Waals surface area (Å²) in [7, 11) is 1.59. The van der Waals surface area contributed by atoms with E-state index in [1.54, 1.807) is 7.05 Å². The highest BCUT2D eigenvalue weighted by Crippen LogP contribution is 2.22. The van der Waals surface area contributed by atoms with Crippen molar-refractivity contribution in [2.45, 2.75) is 19.9 Å². The van der Waals surface area contributed by atoms with Gasteiger partial charge in [-0.1, -0.05) is 12.1 Å². The van der Waals surface area contributed by atoms with Gasteiger partial charge in [0, 0.05) is 12.7 Å². The molecule has 114 valence electrons. The van der Waals surface area contributed by atoms with Gasteiger partial charge in [0.2, 0.25) is 0 Å². The van der Waals surface area contributed by atoms with Gasteiger partial charge in [0.1, 0.15) is 5.92 Å². The molecule has 6 heteroatoms. The highest BCUT2D eigenvalue weighted by Gasteiger charge is 2.38. The lowest BCUT2D eigenvalue weighted by molar-refractivity contribution is -0.142. The van der Waals surface area contributed by atoms with Gasteiger partial charge in [-0.3, -0.25) is 4.79 Å². The highest BCUT2D eigenvalue weighted by atomic mass is 16.5. The van der Waals surface area contributed by atoms with Crippen LogP contribution in [0.4, 0.5) is 10.5 Å². The number of carboxylic acid groups (broad SMARTS) is 1. The van der Waals surface area contributed by atoms with Crippen LogP contribution in [-0.2, 0) is 9.53 Å². The maximum absolute atomic E-state index is 12.3. The Hall–Kier alpha value is -2.08. The number of carbonyl (C=O) groups excluding carboxylic acids is 1. The molecule has 2 unspecified atom stereocenters. The predicted molar refractivity (Wildman–Crippen MR) is 78.4 cm³/mol. The zero-order valence-corrected chi connectivity index (χ0v) is 12.4. The van der Waals surface area contributed by atoms with Crippen molar-refractivity contribution >= 4 is 17.7 Å². The second kappa shape index (κ2) is 6.13. The van der Waals surface area contributed by atoms with E-state index >= 15 is 0 Å². The molecule has 2 atom stereocenters. The molecule has 1 aromatic rings. The van der Waals surface area contributed by atoms with Crippen molar-refractivity contribution < 1.29 is 19.4 Å². The molecule has 21 heavy (non-hydrogen) atoms. The number of likely N-dealkylation sites (N-methyl/N-ethyl adjacent to an activating group) is 1. The second-order valence-electron chi connectivity index (χ2n) is 5.34. The van der Waals surface area contributed by atoms with Crippen LogP contribution in [0.15, 0.2) is 18.2 Å². The van der Waals surface area contributed by atoms with E-state index < -0.39 is 17.9 Å².